The third-order valence-corrected chi connectivity index (χ3v) is 6.02. The Morgan fingerprint density at radius 2 is 1.91 bits per heavy atom. The standard InChI is InChI=1S/C28H25N3O2/c1-18(17-29)27-26(30-5)22(28(3,4)33-27)14-15-24-25(20-10-12-21(32-6)13-11-20)19(2)23-9-7-8-16-31(23)24/h7-16H,1-4,6H3/b15-14+,27-18+. The van der Waals surface area contributed by atoms with Gasteiger partial charge in [-0.1, -0.05) is 24.3 Å². The molecule has 0 fully saturated rings. The average Bonchev–Trinajstić information content (AvgIpc) is 3.26. The molecule has 2 aromatic heterocycles. The highest BCUT2D eigenvalue weighted by Gasteiger charge is 2.38. The molecule has 5 heteroatoms. The van der Waals surface area contributed by atoms with Gasteiger partial charge in [0, 0.05) is 22.9 Å². The summed E-state index contributed by atoms with van der Waals surface area (Å²) in [5.41, 5.74) is 6.32. The minimum Gasteiger partial charge on any atom is -0.497 e. The van der Waals surface area contributed by atoms with Crippen LogP contribution in [0.2, 0.25) is 0 Å². The molecule has 164 valence electrons. The lowest BCUT2D eigenvalue weighted by molar-refractivity contribution is 0.0948. The van der Waals surface area contributed by atoms with Gasteiger partial charge in [0.25, 0.3) is 0 Å². The number of hydrogen-bond donors (Lipinski definition) is 0. The van der Waals surface area contributed by atoms with E-state index in [0.717, 1.165) is 33.7 Å². The molecule has 0 saturated carbocycles. The van der Waals surface area contributed by atoms with Crippen LogP contribution in [0.1, 0.15) is 32.0 Å². The number of allylic oxidation sites excluding steroid dienone is 1. The van der Waals surface area contributed by atoms with Gasteiger partial charge in [0.2, 0.25) is 5.70 Å². The fourth-order valence-corrected chi connectivity index (χ4v) is 4.31. The van der Waals surface area contributed by atoms with Gasteiger partial charge in [0.05, 0.1) is 31.0 Å². The van der Waals surface area contributed by atoms with Crippen LogP contribution < -0.4 is 4.74 Å². The molecule has 0 atom stereocenters. The lowest BCUT2D eigenvalue weighted by atomic mass is 9.96. The first-order valence-corrected chi connectivity index (χ1v) is 10.7. The van der Waals surface area contributed by atoms with Crippen molar-refractivity contribution in [1.29, 1.82) is 5.26 Å². The fraction of sp³-hybridized carbons (Fsp3) is 0.214. The second kappa shape index (κ2) is 8.37. The van der Waals surface area contributed by atoms with E-state index in [-0.39, 0.29) is 0 Å². The van der Waals surface area contributed by atoms with Gasteiger partial charge >= 0.3 is 0 Å². The van der Waals surface area contributed by atoms with Crippen molar-refractivity contribution in [2.75, 3.05) is 7.11 Å². The molecular formula is C28H25N3O2. The van der Waals surface area contributed by atoms with Crippen molar-refractivity contribution < 1.29 is 9.47 Å². The van der Waals surface area contributed by atoms with Crippen LogP contribution in [-0.2, 0) is 4.74 Å². The van der Waals surface area contributed by atoms with E-state index in [0.29, 0.717) is 17.0 Å². The first kappa shape index (κ1) is 22.0. The third kappa shape index (κ3) is 3.69. The zero-order chi connectivity index (χ0) is 23.8. The highest BCUT2D eigenvalue weighted by atomic mass is 16.5. The molecule has 1 aromatic carbocycles. The lowest BCUT2D eigenvalue weighted by Crippen LogP contribution is -2.20. The quantitative estimate of drug-likeness (QED) is 0.338. The second-order valence-corrected chi connectivity index (χ2v) is 8.46. The SMILES string of the molecule is [C-]#[N+]C1=C(/C=C/c2c(-c3ccc(OC)cc3)c(C)c3ccccn23)C(C)(C)O/C1=C(\C)C#N. The van der Waals surface area contributed by atoms with Crippen LogP contribution in [0.15, 0.2) is 77.3 Å². The van der Waals surface area contributed by atoms with Crippen LogP contribution in [0, 0.1) is 24.8 Å². The number of nitrogens with zero attached hydrogens (tertiary/aromatic N) is 3. The van der Waals surface area contributed by atoms with E-state index in [9.17, 15) is 5.26 Å². The predicted octanol–water partition coefficient (Wildman–Crippen LogP) is 6.72. The number of nitriles is 1. The highest BCUT2D eigenvalue weighted by molar-refractivity contribution is 5.85. The average molecular weight is 436 g/mol. The summed E-state index contributed by atoms with van der Waals surface area (Å²) in [5.74, 6) is 1.17. The monoisotopic (exact) mass is 435 g/mol. The third-order valence-electron chi connectivity index (χ3n) is 6.02. The normalized spacial score (nSPS) is 16.6. The molecule has 3 aromatic rings. The molecule has 0 aliphatic carbocycles. The van der Waals surface area contributed by atoms with Crippen LogP contribution >= 0.6 is 0 Å². The van der Waals surface area contributed by atoms with Crippen LogP contribution in [0.5, 0.6) is 5.75 Å². The Labute approximate surface area is 194 Å². The molecule has 1 aliphatic heterocycles. The molecule has 0 bridgehead atoms. The van der Waals surface area contributed by atoms with Crippen LogP contribution in [0.25, 0.3) is 27.6 Å². The number of ether oxygens (including phenoxy) is 2. The lowest BCUT2D eigenvalue weighted by Gasteiger charge is -2.22. The van der Waals surface area contributed by atoms with Crippen molar-refractivity contribution >= 4 is 11.6 Å². The van der Waals surface area contributed by atoms with E-state index >= 15 is 0 Å². The van der Waals surface area contributed by atoms with Gasteiger partial charge in [-0.2, -0.15) is 5.26 Å². The van der Waals surface area contributed by atoms with Crippen molar-refractivity contribution in [3.63, 3.8) is 0 Å². The Hall–Kier alpha value is -4.22. The molecule has 5 nitrogen and oxygen atoms in total. The Morgan fingerprint density at radius 3 is 2.55 bits per heavy atom. The number of aromatic nitrogens is 1. The molecule has 0 N–H and O–H groups in total. The maximum absolute atomic E-state index is 9.35. The van der Waals surface area contributed by atoms with E-state index in [1.807, 2.05) is 56.5 Å². The van der Waals surface area contributed by atoms with Crippen LogP contribution in [0.3, 0.4) is 0 Å². The first-order valence-electron chi connectivity index (χ1n) is 10.7. The number of rotatable bonds is 4. The molecule has 4 rings (SSSR count). The van der Waals surface area contributed by atoms with Crippen LogP contribution in [-0.4, -0.2) is 17.1 Å². The maximum atomic E-state index is 9.35. The molecule has 0 radical (unpaired) electrons. The van der Waals surface area contributed by atoms with Crippen molar-refractivity contribution in [2.45, 2.75) is 33.3 Å². The van der Waals surface area contributed by atoms with Gasteiger partial charge in [-0.15, -0.1) is 0 Å². The number of aryl methyl sites for hydroxylation is 1. The van der Waals surface area contributed by atoms with Gasteiger partial charge in [-0.25, -0.2) is 4.85 Å². The molecule has 33 heavy (non-hydrogen) atoms. The van der Waals surface area contributed by atoms with E-state index < -0.39 is 5.60 Å². The largest absolute Gasteiger partial charge is 0.497 e. The summed E-state index contributed by atoms with van der Waals surface area (Å²) in [5, 5.41) is 9.35. The molecule has 1 aliphatic rings. The van der Waals surface area contributed by atoms with Gasteiger partial charge in [-0.3, -0.25) is 0 Å². The molecule has 0 amide bonds. The zero-order valence-electron chi connectivity index (χ0n) is 19.4. The summed E-state index contributed by atoms with van der Waals surface area (Å²) >= 11 is 0. The second-order valence-electron chi connectivity index (χ2n) is 8.46. The van der Waals surface area contributed by atoms with E-state index in [1.165, 1.54) is 5.56 Å². The molecular weight excluding hydrogens is 410 g/mol. The molecule has 0 spiro atoms. The van der Waals surface area contributed by atoms with Crippen molar-refractivity contribution in [1.82, 2.24) is 4.40 Å². The number of hydrogen-bond acceptors (Lipinski definition) is 3. The number of benzene rings is 1. The van der Waals surface area contributed by atoms with Gasteiger partial charge in [0.1, 0.15) is 17.1 Å². The predicted molar refractivity (Wildman–Crippen MR) is 130 cm³/mol. The van der Waals surface area contributed by atoms with E-state index in [4.69, 9.17) is 16.0 Å². The van der Waals surface area contributed by atoms with Crippen molar-refractivity contribution in [3.8, 4) is 22.9 Å². The highest BCUT2D eigenvalue weighted by Crippen LogP contribution is 2.42. The molecule has 0 unspecified atom stereocenters. The summed E-state index contributed by atoms with van der Waals surface area (Å²) in [7, 11) is 1.66. The maximum Gasteiger partial charge on any atom is 0.236 e. The number of pyridine rings is 1. The Balaban J connectivity index is 1.94. The Bertz CT molecular complexity index is 1420. The first-order chi connectivity index (χ1) is 15.8. The summed E-state index contributed by atoms with van der Waals surface area (Å²) in [6, 6.07) is 16.3. The number of methoxy groups -OCH3 is 1. The molecule has 3 heterocycles. The minimum absolute atomic E-state index is 0.365. The van der Waals surface area contributed by atoms with Gasteiger partial charge in [0.15, 0.2) is 0 Å². The molecule has 0 saturated heterocycles. The smallest absolute Gasteiger partial charge is 0.236 e. The zero-order valence-corrected chi connectivity index (χ0v) is 19.4. The summed E-state index contributed by atoms with van der Waals surface area (Å²) in [4.78, 5) is 3.72. The fourth-order valence-electron chi connectivity index (χ4n) is 4.31. The Morgan fingerprint density at radius 1 is 1.18 bits per heavy atom. The van der Waals surface area contributed by atoms with Crippen LogP contribution in [0.4, 0.5) is 0 Å². The van der Waals surface area contributed by atoms with Crippen molar-refractivity contribution in [2.24, 2.45) is 0 Å². The van der Waals surface area contributed by atoms with Gasteiger partial charge in [-0.05, 0) is 69.2 Å². The minimum atomic E-state index is -0.716. The summed E-state index contributed by atoms with van der Waals surface area (Å²) < 4.78 is 13.5. The summed E-state index contributed by atoms with van der Waals surface area (Å²) in [6.45, 7) is 15.4. The summed E-state index contributed by atoms with van der Waals surface area (Å²) in [6.07, 6.45) is 6.03. The van der Waals surface area contributed by atoms with Crippen molar-refractivity contribution in [3.05, 3.63) is 100 Å². The van der Waals surface area contributed by atoms with E-state index in [2.05, 4.69) is 40.4 Å². The topological polar surface area (TPSA) is 51.0 Å². The van der Waals surface area contributed by atoms with Gasteiger partial charge < -0.3 is 13.9 Å². The van der Waals surface area contributed by atoms with E-state index in [1.54, 1.807) is 14.0 Å². The number of fused-ring (bicyclic) bond motifs is 1. The Kier molecular flexibility index (Phi) is 5.58.